The van der Waals surface area contributed by atoms with Gasteiger partial charge in [0.25, 0.3) is 0 Å². The maximum atomic E-state index is 13.0. The van der Waals surface area contributed by atoms with Crippen LogP contribution in [0, 0.1) is 5.82 Å². The number of piperidine rings is 1. The first-order chi connectivity index (χ1) is 8.65. The molecule has 1 aliphatic heterocycles. The van der Waals surface area contributed by atoms with Crippen molar-refractivity contribution < 1.29 is 9.18 Å². The summed E-state index contributed by atoms with van der Waals surface area (Å²) in [4.78, 5) is 14.0. The van der Waals surface area contributed by atoms with E-state index >= 15 is 0 Å². The minimum absolute atomic E-state index is 0.0747. The van der Waals surface area contributed by atoms with Crippen LogP contribution in [0.4, 0.5) is 10.1 Å². The quantitative estimate of drug-likeness (QED) is 0.894. The van der Waals surface area contributed by atoms with Crippen molar-refractivity contribution >= 4 is 11.6 Å². The number of likely N-dealkylation sites (tertiary alicyclic amines) is 1. The Hall–Kier alpha value is -1.42. The lowest BCUT2D eigenvalue weighted by Gasteiger charge is -2.32. The van der Waals surface area contributed by atoms with Crippen molar-refractivity contribution in [2.45, 2.75) is 32.2 Å². The van der Waals surface area contributed by atoms with Crippen molar-refractivity contribution in [3.63, 3.8) is 0 Å². The molecule has 98 valence electrons. The van der Waals surface area contributed by atoms with E-state index in [1.165, 1.54) is 18.6 Å². The van der Waals surface area contributed by atoms with E-state index in [1.807, 2.05) is 0 Å². The Morgan fingerprint density at radius 1 is 1.50 bits per heavy atom. The number of nitrogens with zero attached hydrogens (tertiary/aromatic N) is 1. The standard InChI is InChI=1S/C14H19FN2O/c1-11-5-2-3-8-17(11)10-14(18)16-13-7-4-6-12(15)9-13/h4,6-7,9,11H,2-3,5,8,10H2,1H3,(H,16,18)/t11-/m0/s1. The van der Waals surface area contributed by atoms with E-state index in [4.69, 9.17) is 0 Å². The zero-order chi connectivity index (χ0) is 13.0. The van der Waals surface area contributed by atoms with Gasteiger partial charge in [-0.1, -0.05) is 12.5 Å². The fourth-order valence-corrected chi connectivity index (χ4v) is 2.34. The Balaban J connectivity index is 1.88. The minimum atomic E-state index is -0.334. The van der Waals surface area contributed by atoms with Crippen LogP contribution in [0.5, 0.6) is 0 Å². The number of amides is 1. The van der Waals surface area contributed by atoms with Gasteiger partial charge in [-0.15, -0.1) is 0 Å². The molecule has 18 heavy (non-hydrogen) atoms. The summed E-state index contributed by atoms with van der Waals surface area (Å²) in [6, 6.07) is 6.44. The first-order valence-electron chi connectivity index (χ1n) is 6.44. The molecule has 4 heteroatoms. The summed E-state index contributed by atoms with van der Waals surface area (Å²) in [6.45, 7) is 3.50. The van der Waals surface area contributed by atoms with E-state index < -0.39 is 0 Å². The van der Waals surface area contributed by atoms with E-state index in [0.29, 0.717) is 18.3 Å². The molecule has 1 atom stereocenters. The van der Waals surface area contributed by atoms with E-state index in [1.54, 1.807) is 12.1 Å². The van der Waals surface area contributed by atoms with Crippen molar-refractivity contribution in [1.82, 2.24) is 4.90 Å². The van der Waals surface area contributed by atoms with Gasteiger partial charge in [0.2, 0.25) is 5.91 Å². The van der Waals surface area contributed by atoms with Gasteiger partial charge in [-0.05, 0) is 44.5 Å². The summed E-state index contributed by atoms with van der Waals surface area (Å²) >= 11 is 0. The predicted octanol–water partition coefficient (Wildman–Crippen LogP) is 2.64. The largest absolute Gasteiger partial charge is 0.325 e. The molecule has 0 aromatic heterocycles. The summed E-state index contributed by atoms with van der Waals surface area (Å²) in [5.74, 6) is -0.409. The third-order valence-corrected chi connectivity index (χ3v) is 3.40. The second kappa shape index (κ2) is 5.96. The highest BCUT2D eigenvalue weighted by Gasteiger charge is 2.20. The third kappa shape index (κ3) is 3.53. The maximum absolute atomic E-state index is 13.0. The van der Waals surface area contributed by atoms with Gasteiger partial charge in [-0.3, -0.25) is 9.69 Å². The summed E-state index contributed by atoms with van der Waals surface area (Å²) < 4.78 is 13.0. The van der Waals surface area contributed by atoms with Crippen LogP contribution in [-0.4, -0.2) is 29.9 Å². The first-order valence-corrected chi connectivity index (χ1v) is 6.44. The van der Waals surface area contributed by atoms with Crippen LogP contribution in [0.2, 0.25) is 0 Å². The van der Waals surface area contributed by atoms with Crippen molar-refractivity contribution in [2.24, 2.45) is 0 Å². The van der Waals surface area contributed by atoms with E-state index in [9.17, 15) is 9.18 Å². The number of carbonyl (C=O) groups excluding carboxylic acids is 1. The SMILES string of the molecule is C[C@H]1CCCCN1CC(=O)Nc1cccc(F)c1. The number of hydrogen-bond acceptors (Lipinski definition) is 2. The normalized spacial score (nSPS) is 20.7. The number of hydrogen-bond donors (Lipinski definition) is 1. The Bertz CT molecular complexity index is 422. The minimum Gasteiger partial charge on any atom is -0.325 e. The number of halogens is 1. The van der Waals surface area contributed by atoms with Gasteiger partial charge in [0.1, 0.15) is 5.82 Å². The van der Waals surface area contributed by atoms with Crippen LogP contribution in [0.3, 0.4) is 0 Å². The van der Waals surface area contributed by atoms with Gasteiger partial charge in [-0.25, -0.2) is 4.39 Å². The molecule has 0 spiro atoms. The lowest BCUT2D eigenvalue weighted by Crippen LogP contribution is -2.42. The maximum Gasteiger partial charge on any atom is 0.238 e. The smallest absolute Gasteiger partial charge is 0.238 e. The highest BCUT2D eigenvalue weighted by Crippen LogP contribution is 2.16. The van der Waals surface area contributed by atoms with Gasteiger partial charge in [0, 0.05) is 11.7 Å². The van der Waals surface area contributed by atoms with E-state index in [-0.39, 0.29) is 11.7 Å². The average molecular weight is 250 g/mol. The van der Waals surface area contributed by atoms with Crippen molar-refractivity contribution in [1.29, 1.82) is 0 Å². The van der Waals surface area contributed by atoms with Gasteiger partial charge < -0.3 is 5.32 Å². The van der Waals surface area contributed by atoms with Gasteiger partial charge >= 0.3 is 0 Å². The second-order valence-electron chi connectivity index (χ2n) is 4.87. The molecule has 1 fully saturated rings. The Kier molecular flexibility index (Phi) is 4.31. The molecule has 0 unspecified atom stereocenters. The van der Waals surface area contributed by atoms with Crippen LogP contribution in [0.15, 0.2) is 24.3 Å². The number of rotatable bonds is 3. The molecule has 0 saturated carbocycles. The molecule has 0 aliphatic carbocycles. The molecule has 0 radical (unpaired) electrons. The molecule has 1 amide bonds. The molecule has 1 aliphatic rings. The molecule has 2 rings (SSSR count). The monoisotopic (exact) mass is 250 g/mol. The molecule has 3 nitrogen and oxygen atoms in total. The van der Waals surface area contributed by atoms with Crippen LogP contribution < -0.4 is 5.32 Å². The van der Waals surface area contributed by atoms with E-state index in [0.717, 1.165) is 19.4 Å². The lowest BCUT2D eigenvalue weighted by molar-refractivity contribution is -0.118. The highest BCUT2D eigenvalue weighted by molar-refractivity contribution is 5.92. The molecular formula is C14H19FN2O. The summed E-state index contributed by atoms with van der Waals surface area (Å²) in [7, 11) is 0. The summed E-state index contributed by atoms with van der Waals surface area (Å²) in [5.41, 5.74) is 0.518. The number of nitrogens with one attached hydrogen (secondary N) is 1. The van der Waals surface area contributed by atoms with Gasteiger partial charge in [-0.2, -0.15) is 0 Å². The molecule has 0 bridgehead atoms. The fourth-order valence-electron chi connectivity index (χ4n) is 2.34. The van der Waals surface area contributed by atoms with Crippen molar-refractivity contribution in [3.05, 3.63) is 30.1 Å². The molecule has 1 aromatic carbocycles. The average Bonchev–Trinajstić information content (AvgIpc) is 2.32. The highest BCUT2D eigenvalue weighted by atomic mass is 19.1. The zero-order valence-corrected chi connectivity index (χ0v) is 10.7. The van der Waals surface area contributed by atoms with Crippen LogP contribution in [-0.2, 0) is 4.79 Å². The number of benzene rings is 1. The molecule has 1 N–H and O–H groups in total. The molecular weight excluding hydrogens is 231 g/mol. The lowest BCUT2D eigenvalue weighted by atomic mass is 10.0. The Labute approximate surface area is 107 Å². The number of carbonyl (C=O) groups is 1. The van der Waals surface area contributed by atoms with Crippen LogP contribution >= 0.6 is 0 Å². The Morgan fingerprint density at radius 2 is 2.33 bits per heavy atom. The van der Waals surface area contributed by atoms with Crippen molar-refractivity contribution in [2.75, 3.05) is 18.4 Å². The molecule has 1 heterocycles. The summed E-state index contributed by atoms with van der Waals surface area (Å²) in [5, 5.41) is 2.73. The van der Waals surface area contributed by atoms with E-state index in [2.05, 4.69) is 17.1 Å². The fraction of sp³-hybridized carbons (Fsp3) is 0.500. The number of anilines is 1. The first kappa shape index (κ1) is 13.0. The zero-order valence-electron chi connectivity index (χ0n) is 10.7. The van der Waals surface area contributed by atoms with Crippen molar-refractivity contribution in [3.8, 4) is 0 Å². The topological polar surface area (TPSA) is 32.3 Å². The molecule has 1 saturated heterocycles. The van der Waals surface area contributed by atoms with Crippen LogP contribution in [0.1, 0.15) is 26.2 Å². The predicted molar refractivity (Wildman–Crippen MR) is 69.9 cm³/mol. The third-order valence-electron chi connectivity index (χ3n) is 3.40. The van der Waals surface area contributed by atoms with Gasteiger partial charge in [0.15, 0.2) is 0 Å². The van der Waals surface area contributed by atoms with Crippen LogP contribution in [0.25, 0.3) is 0 Å². The molecule has 1 aromatic rings. The Morgan fingerprint density at radius 3 is 3.06 bits per heavy atom. The summed E-state index contributed by atoms with van der Waals surface area (Å²) in [6.07, 6.45) is 3.54. The second-order valence-corrected chi connectivity index (χ2v) is 4.87. The van der Waals surface area contributed by atoms with Gasteiger partial charge in [0.05, 0.1) is 6.54 Å².